The van der Waals surface area contributed by atoms with Crippen molar-refractivity contribution in [1.82, 2.24) is 4.72 Å². The second-order valence-electron chi connectivity index (χ2n) is 8.00. The number of hydrogen-bond donors (Lipinski definition) is 2. The maximum atomic E-state index is 13.4. The third-order valence-electron chi connectivity index (χ3n) is 5.53. The third kappa shape index (κ3) is 4.00. The molecule has 2 N–H and O–H groups in total. The van der Waals surface area contributed by atoms with Crippen molar-refractivity contribution in [3.8, 4) is 0 Å². The molecule has 4 rings (SSSR count). The number of nitrogens with one attached hydrogen (secondary N) is 2. The van der Waals surface area contributed by atoms with Gasteiger partial charge in [0.2, 0.25) is 19.9 Å². The van der Waals surface area contributed by atoms with E-state index in [0.717, 1.165) is 0 Å². The van der Waals surface area contributed by atoms with Crippen molar-refractivity contribution < 1.29 is 26.4 Å². The van der Waals surface area contributed by atoms with Crippen LogP contribution in [-0.4, -0.2) is 42.0 Å². The average molecular weight is 465 g/mol. The van der Waals surface area contributed by atoms with E-state index in [1.807, 2.05) is 13.8 Å². The number of ether oxygens (including phenoxy) is 1. The Morgan fingerprint density at radius 1 is 1.10 bits per heavy atom. The fourth-order valence-corrected chi connectivity index (χ4v) is 7.25. The highest BCUT2D eigenvalue weighted by molar-refractivity contribution is 7.92. The van der Waals surface area contributed by atoms with Crippen molar-refractivity contribution in [3.05, 3.63) is 47.5 Å². The summed E-state index contributed by atoms with van der Waals surface area (Å²) in [6.07, 6.45) is 1.09. The summed E-state index contributed by atoms with van der Waals surface area (Å²) in [7, 11) is -8.13. The fraction of sp³-hybridized carbons (Fsp3) is 0.381. The quantitative estimate of drug-likeness (QED) is 0.718. The smallest absolute Gasteiger partial charge is 0.257 e. The van der Waals surface area contributed by atoms with Gasteiger partial charge in [-0.05, 0) is 48.6 Å². The number of carbonyl (C=O) groups excluding carboxylic acids is 1. The van der Waals surface area contributed by atoms with Crippen LogP contribution < -0.4 is 10.0 Å². The molecule has 1 saturated heterocycles. The minimum atomic E-state index is -4.12. The van der Waals surface area contributed by atoms with Gasteiger partial charge in [0.1, 0.15) is 0 Å². The number of hydrogen-bond acceptors (Lipinski definition) is 6. The number of sulfonamides is 1. The van der Waals surface area contributed by atoms with Crippen LogP contribution in [0, 0.1) is 0 Å². The molecule has 2 aromatic carbocycles. The highest BCUT2D eigenvalue weighted by atomic mass is 32.2. The lowest BCUT2D eigenvalue weighted by Crippen LogP contribution is -2.39. The van der Waals surface area contributed by atoms with Gasteiger partial charge in [0.25, 0.3) is 5.91 Å². The second kappa shape index (κ2) is 8.01. The number of sulfone groups is 1. The first kappa shape index (κ1) is 21.9. The Balaban J connectivity index is 1.90. The lowest BCUT2D eigenvalue weighted by Gasteiger charge is -2.24. The molecule has 2 heterocycles. The molecule has 166 valence electrons. The lowest BCUT2D eigenvalue weighted by atomic mass is 10.0. The largest absolute Gasteiger partial charge is 0.381 e. The summed E-state index contributed by atoms with van der Waals surface area (Å²) in [6.45, 7) is 4.56. The molecule has 1 amide bonds. The SMILES string of the molecule is CC(C)c1cc2c(cc1S(=O)(=O)NC1CCOCC1)S(=O)(=O)c1ccccc1C(=O)N2. The molecule has 0 bridgehead atoms. The van der Waals surface area contributed by atoms with Crippen LogP contribution >= 0.6 is 0 Å². The standard InChI is InChI=1S/C21H24N2O6S2/c1-13(2)16-11-17-20(12-19(16)31(27,28)23-14-7-9-29-10-8-14)30(25,26)18-6-4-3-5-15(18)21(24)22-17/h3-6,11-14,23H,7-10H2,1-2H3,(H,22,24). The van der Waals surface area contributed by atoms with Crippen molar-refractivity contribution >= 4 is 31.5 Å². The van der Waals surface area contributed by atoms with Crippen LogP contribution in [0.4, 0.5) is 5.69 Å². The van der Waals surface area contributed by atoms with Gasteiger partial charge in [-0.15, -0.1) is 0 Å². The normalized spacial score (nSPS) is 18.7. The maximum Gasteiger partial charge on any atom is 0.257 e. The zero-order chi connectivity index (χ0) is 22.4. The van der Waals surface area contributed by atoms with Crippen LogP contribution in [0.2, 0.25) is 0 Å². The highest BCUT2D eigenvalue weighted by Crippen LogP contribution is 2.38. The zero-order valence-electron chi connectivity index (χ0n) is 17.2. The molecule has 0 aliphatic carbocycles. The van der Waals surface area contributed by atoms with Gasteiger partial charge in [0.05, 0.1) is 25.9 Å². The van der Waals surface area contributed by atoms with Crippen LogP contribution in [0.25, 0.3) is 0 Å². The van der Waals surface area contributed by atoms with E-state index in [-0.39, 0.29) is 37.9 Å². The van der Waals surface area contributed by atoms with Gasteiger partial charge in [-0.3, -0.25) is 4.79 Å². The fourth-order valence-electron chi connectivity index (χ4n) is 3.88. The number of carbonyl (C=O) groups is 1. The zero-order valence-corrected chi connectivity index (χ0v) is 18.8. The Hall–Kier alpha value is -2.27. The summed E-state index contributed by atoms with van der Waals surface area (Å²) in [4.78, 5) is 12.2. The molecule has 2 aromatic rings. The summed E-state index contributed by atoms with van der Waals surface area (Å²) < 4.78 is 61.3. The minimum Gasteiger partial charge on any atom is -0.381 e. The summed E-state index contributed by atoms with van der Waals surface area (Å²) >= 11 is 0. The molecule has 0 aromatic heterocycles. The summed E-state index contributed by atoms with van der Waals surface area (Å²) in [5.74, 6) is -0.777. The molecular formula is C21H24N2O6S2. The van der Waals surface area contributed by atoms with Crippen LogP contribution in [0.5, 0.6) is 0 Å². The van der Waals surface area contributed by atoms with Gasteiger partial charge in [0, 0.05) is 19.3 Å². The molecule has 2 aliphatic heterocycles. The Kier molecular flexibility index (Phi) is 5.67. The second-order valence-corrected chi connectivity index (χ2v) is 11.6. The Bertz CT molecular complexity index is 1250. The predicted octanol–water partition coefficient (Wildman–Crippen LogP) is 2.67. The highest BCUT2D eigenvalue weighted by Gasteiger charge is 2.34. The van der Waals surface area contributed by atoms with Gasteiger partial charge in [-0.25, -0.2) is 21.6 Å². The van der Waals surface area contributed by atoms with E-state index in [9.17, 15) is 21.6 Å². The lowest BCUT2D eigenvalue weighted by molar-refractivity contribution is 0.0832. The van der Waals surface area contributed by atoms with Gasteiger partial charge in [0.15, 0.2) is 0 Å². The van der Waals surface area contributed by atoms with Crippen LogP contribution in [0.1, 0.15) is 48.5 Å². The molecule has 31 heavy (non-hydrogen) atoms. The van der Waals surface area contributed by atoms with E-state index in [4.69, 9.17) is 4.74 Å². The summed E-state index contributed by atoms with van der Waals surface area (Å²) in [6, 6.07) is 8.24. The first-order valence-corrected chi connectivity index (χ1v) is 13.0. The molecule has 10 heteroatoms. The molecule has 0 spiro atoms. The first-order valence-electron chi connectivity index (χ1n) is 10.0. The van der Waals surface area contributed by atoms with E-state index in [1.54, 1.807) is 6.07 Å². The molecule has 0 saturated carbocycles. The van der Waals surface area contributed by atoms with E-state index >= 15 is 0 Å². The molecule has 1 fully saturated rings. The molecule has 0 unspecified atom stereocenters. The van der Waals surface area contributed by atoms with Gasteiger partial charge in [-0.2, -0.15) is 0 Å². The van der Waals surface area contributed by atoms with E-state index < -0.39 is 25.8 Å². The average Bonchev–Trinajstić information content (AvgIpc) is 2.81. The van der Waals surface area contributed by atoms with Crippen LogP contribution in [-0.2, 0) is 24.6 Å². The van der Waals surface area contributed by atoms with Crippen molar-refractivity contribution in [2.24, 2.45) is 0 Å². The maximum absolute atomic E-state index is 13.4. The molecule has 2 aliphatic rings. The summed E-state index contributed by atoms with van der Waals surface area (Å²) in [5.41, 5.74) is 0.532. The number of anilines is 1. The molecule has 8 nitrogen and oxygen atoms in total. The first-order chi connectivity index (χ1) is 14.6. The number of benzene rings is 2. The molecular weight excluding hydrogens is 440 g/mol. The van der Waals surface area contributed by atoms with Crippen molar-refractivity contribution in [2.75, 3.05) is 18.5 Å². The topological polar surface area (TPSA) is 119 Å². The van der Waals surface area contributed by atoms with Crippen molar-refractivity contribution in [2.45, 2.75) is 53.3 Å². The van der Waals surface area contributed by atoms with E-state index in [1.165, 1.54) is 30.3 Å². The van der Waals surface area contributed by atoms with Gasteiger partial charge >= 0.3 is 0 Å². The van der Waals surface area contributed by atoms with Crippen molar-refractivity contribution in [3.63, 3.8) is 0 Å². The van der Waals surface area contributed by atoms with E-state index in [2.05, 4.69) is 10.0 Å². The van der Waals surface area contributed by atoms with Crippen molar-refractivity contribution in [1.29, 1.82) is 0 Å². The van der Waals surface area contributed by atoms with Crippen LogP contribution in [0.3, 0.4) is 0 Å². The predicted molar refractivity (Wildman–Crippen MR) is 115 cm³/mol. The monoisotopic (exact) mass is 464 g/mol. The molecule has 0 radical (unpaired) electrons. The number of amides is 1. The van der Waals surface area contributed by atoms with E-state index in [0.29, 0.717) is 31.6 Å². The van der Waals surface area contributed by atoms with Gasteiger partial charge in [-0.1, -0.05) is 26.0 Å². The third-order valence-corrected chi connectivity index (χ3v) is 8.95. The number of fused-ring (bicyclic) bond motifs is 2. The Labute approximate surface area is 182 Å². The Morgan fingerprint density at radius 3 is 2.45 bits per heavy atom. The number of rotatable bonds is 4. The van der Waals surface area contributed by atoms with Crippen LogP contribution in [0.15, 0.2) is 51.1 Å². The minimum absolute atomic E-state index is 0.0227. The summed E-state index contributed by atoms with van der Waals surface area (Å²) in [5, 5.41) is 2.64. The Morgan fingerprint density at radius 2 is 1.77 bits per heavy atom. The van der Waals surface area contributed by atoms with Gasteiger partial charge < -0.3 is 10.1 Å². The molecule has 0 atom stereocenters.